The lowest BCUT2D eigenvalue weighted by Gasteiger charge is -2.14. The fraction of sp³-hybridized carbons (Fsp3) is 0.958. The summed E-state index contributed by atoms with van der Waals surface area (Å²) in [5.74, 6) is 0.577. The number of rotatable bonds is 20. The molecule has 0 saturated carbocycles. The Morgan fingerprint density at radius 3 is 1.58 bits per heavy atom. The molecule has 0 unspecified atom stereocenters. The van der Waals surface area contributed by atoms with Gasteiger partial charge >= 0.3 is 5.97 Å². The molecule has 26 heavy (non-hydrogen) atoms. The van der Waals surface area contributed by atoms with Crippen molar-refractivity contribution in [2.75, 3.05) is 6.61 Å². The van der Waals surface area contributed by atoms with Crippen molar-refractivity contribution in [2.45, 2.75) is 136 Å². The van der Waals surface area contributed by atoms with Crippen molar-refractivity contribution in [1.29, 1.82) is 0 Å². The van der Waals surface area contributed by atoms with Crippen LogP contribution < -0.4 is 0 Å². The average molecular weight is 369 g/mol. The summed E-state index contributed by atoms with van der Waals surface area (Å²) >= 11 is 0. The van der Waals surface area contributed by atoms with Crippen LogP contribution in [0.3, 0.4) is 0 Å². The number of carbonyl (C=O) groups is 1. The Labute approximate surface area is 164 Å². The number of carbonyl (C=O) groups excluding carboxylic acids is 1. The number of unbranched alkanes of at least 4 members (excludes halogenated alkanes) is 13. The van der Waals surface area contributed by atoms with Crippen molar-refractivity contribution in [2.24, 2.45) is 5.92 Å². The zero-order chi connectivity index (χ0) is 19.3. The van der Waals surface area contributed by atoms with E-state index >= 15 is 0 Å². The maximum atomic E-state index is 11.8. The Morgan fingerprint density at radius 1 is 0.654 bits per heavy atom. The van der Waals surface area contributed by atoms with E-state index in [0.717, 1.165) is 12.8 Å². The zero-order valence-corrected chi connectivity index (χ0v) is 18.3. The normalized spacial score (nSPS) is 12.3. The van der Waals surface area contributed by atoms with Gasteiger partial charge in [0.25, 0.3) is 0 Å². The summed E-state index contributed by atoms with van der Waals surface area (Å²) in [5.41, 5.74) is 0. The van der Waals surface area contributed by atoms with E-state index in [0.29, 0.717) is 18.9 Å². The third-order valence-corrected chi connectivity index (χ3v) is 5.51. The van der Waals surface area contributed by atoms with Crippen molar-refractivity contribution < 1.29 is 9.53 Å². The van der Waals surface area contributed by atoms with Crippen molar-refractivity contribution in [1.82, 2.24) is 0 Å². The topological polar surface area (TPSA) is 26.3 Å². The number of hydrogen-bond acceptors (Lipinski definition) is 2. The maximum absolute atomic E-state index is 11.8. The predicted octanol–water partition coefficient (Wildman–Crippen LogP) is 8.23. The van der Waals surface area contributed by atoms with Gasteiger partial charge in [-0.05, 0) is 18.8 Å². The molecule has 1 atom stereocenters. The highest BCUT2D eigenvalue weighted by molar-refractivity contribution is 5.69. The van der Waals surface area contributed by atoms with Gasteiger partial charge in [-0.15, -0.1) is 0 Å². The van der Waals surface area contributed by atoms with Crippen molar-refractivity contribution in [3.05, 3.63) is 0 Å². The van der Waals surface area contributed by atoms with Gasteiger partial charge in [-0.1, -0.05) is 117 Å². The van der Waals surface area contributed by atoms with E-state index in [1.165, 1.54) is 96.3 Å². The summed E-state index contributed by atoms with van der Waals surface area (Å²) in [6, 6.07) is 0. The van der Waals surface area contributed by atoms with Gasteiger partial charge in [0.05, 0.1) is 6.61 Å². The molecule has 0 amide bonds. The Kier molecular flexibility index (Phi) is 20.4. The number of esters is 1. The number of ether oxygens (including phenoxy) is 1. The van der Waals surface area contributed by atoms with Gasteiger partial charge in [0.2, 0.25) is 0 Å². The van der Waals surface area contributed by atoms with E-state index in [2.05, 4.69) is 20.8 Å². The monoisotopic (exact) mass is 368 g/mol. The molecule has 156 valence electrons. The highest BCUT2D eigenvalue weighted by Crippen LogP contribution is 2.15. The molecule has 0 rings (SSSR count). The predicted molar refractivity (Wildman–Crippen MR) is 115 cm³/mol. The minimum absolute atomic E-state index is 0.0167. The minimum atomic E-state index is 0.0167. The Bertz CT molecular complexity index is 288. The van der Waals surface area contributed by atoms with E-state index < -0.39 is 0 Å². The molecule has 0 N–H and O–H groups in total. The van der Waals surface area contributed by atoms with E-state index in [1.807, 2.05) is 0 Å². The Balaban J connectivity index is 3.30. The van der Waals surface area contributed by atoms with Gasteiger partial charge < -0.3 is 4.74 Å². The lowest BCUT2D eigenvalue weighted by atomic mass is 10.0. The van der Waals surface area contributed by atoms with Gasteiger partial charge in [-0.2, -0.15) is 0 Å². The van der Waals surface area contributed by atoms with Crippen LogP contribution in [0.5, 0.6) is 0 Å². The van der Waals surface area contributed by atoms with Crippen LogP contribution in [0.4, 0.5) is 0 Å². The maximum Gasteiger partial charge on any atom is 0.305 e. The van der Waals surface area contributed by atoms with Crippen molar-refractivity contribution in [3.8, 4) is 0 Å². The zero-order valence-electron chi connectivity index (χ0n) is 18.3. The van der Waals surface area contributed by atoms with Crippen LogP contribution >= 0.6 is 0 Å². The molecule has 0 bridgehead atoms. The van der Waals surface area contributed by atoms with E-state index in [1.54, 1.807) is 0 Å². The van der Waals surface area contributed by atoms with E-state index in [9.17, 15) is 4.79 Å². The molecule has 0 radical (unpaired) electrons. The minimum Gasteiger partial charge on any atom is -0.465 e. The highest BCUT2D eigenvalue weighted by Gasteiger charge is 2.09. The first-order valence-corrected chi connectivity index (χ1v) is 11.9. The smallest absolute Gasteiger partial charge is 0.305 e. The summed E-state index contributed by atoms with van der Waals surface area (Å²) in [5, 5.41) is 0. The molecule has 0 aromatic rings. The molecular formula is C24H48O2. The molecule has 2 nitrogen and oxygen atoms in total. The van der Waals surface area contributed by atoms with Crippen LogP contribution in [-0.2, 0) is 9.53 Å². The molecule has 0 spiro atoms. The first kappa shape index (κ1) is 25.5. The molecule has 0 aliphatic rings. The van der Waals surface area contributed by atoms with Crippen LogP contribution in [0.2, 0.25) is 0 Å². The summed E-state index contributed by atoms with van der Waals surface area (Å²) in [4.78, 5) is 11.8. The molecule has 0 heterocycles. The van der Waals surface area contributed by atoms with Crippen LogP contribution in [0, 0.1) is 5.92 Å². The second-order valence-corrected chi connectivity index (χ2v) is 8.09. The summed E-state index contributed by atoms with van der Waals surface area (Å²) in [7, 11) is 0. The Hall–Kier alpha value is -0.530. The van der Waals surface area contributed by atoms with Gasteiger partial charge in [0.15, 0.2) is 0 Å². The van der Waals surface area contributed by atoms with Gasteiger partial charge in [0.1, 0.15) is 0 Å². The van der Waals surface area contributed by atoms with Crippen LogP contribution in [-0.4, -0.2) is 12.6 Å². The van der Waals surface area contributed by atoms with Crippen LogP contribution in [0.25, 0.3) is 0 Å². The molecular weight excluding hydrogens is 320 g/mol. The summed E-state index contributed by atoms with van der Waals surface area (Å²) in [6.07, 6.45) is 22.8. The summed E-state index contributed by atoms with van der Waals surface area (Å²) < 4.78 is 5.46. The molecule has 0 fully saturated rings. The lowest BCUT2D eigenvalue weighted by molar-refractivity contribution is -0.145. The fourth-order valence-corrected chi connectivity index (χ4v) is 3.47. The van der Waals surface area contributed by atoms with Crippen molar-refractivity contribution in [3.63, 3.8) is 0 Å². The molecule has 0 saturated heterocycles. The molecule has 0 aliphatic carbocycles. The fourth-order valence-electron chi connectivity index (χ4n) is 3.47. The SMILES string of the molecule is CCCCCCCCCCCCCCCC(=O)OC[C@H](CC)CCCC. The molecule has 0 aromatic heterocycles. The average Bonchev–Trinajstić information content (AvgIpc) is 2.65. The molecule has 2 heteroatoms. The van der Waals surface area contributed by atoms with Crippen LogP contribution in [0.15, 0.2) is 0 Å². The lowest BCUT2D eigenvalue weighted by Crippen LogP contribution is -2.13. The third kappa shape index (κ3) is 18.3. The van der Waals surface area contributed by atoms with E-state index in [-0.39, 0.29) is 5.97 Å². The molecule has 0 aromatic carbocycles. The van der Waals surface area contributed by atoms with Crippen molar-refractivity contribution >= 4 is 5.97 Å². The standard InChI is InChI=1S/C24H48O2/c1-4-7-9-10-11-12-13-14-15-16-17-18-19-21-24(25)26-22-23(6-3)20-8-5-2/h23H,4-22H2,1-3H3/t23-/m1/s1. The van der Waals surface area contributed by atoms with Gasteiger partial charge in [-0.25, -0.2) is 0 Å². The van der Waals surface area contributed by atoms with Gasteiger partial charge in [-0.3, -0.25) is 4.79 Å². The van der Waals surface area contributed by atoms with Gasteiger partial charge in [0, 0.05) is 6.42 Å². The second-order valence-electron chi connectivity index (χ2n) is 8.09. The highest BCUT2D eigenvalue weighted by atomic mass is 16.5. The first-order chi connectivity index (χ1) is 12.7. The summed E-state index contributed by atoms with van der Waals surface area (Å²) in [6.45, 7) is 7.32. The third-order valence-electron chi connectivity index (χ3n) is 5.51. The Morgan fingerprint density at radius 2 is 1.12 bits per heavy atom. The van der Waals surface area contributed by atoms with Crippen LogP contribution in [0.1, 0.15) is 136 Å². The second kappa shape index (κ2) is 20.8. The largest absolute Gasteiger partial charge is 0.465 e. The quantitative estimate of drug-likeness (QED) is 0.160. The number of hydrogen-bond donors (Lipinski definition) is 0. The van der Waals surface area contributed by atoms with E-state index in [4.69, 9.17) is 4.74 Å². The molecule has 0 aliphatic heterocycles. The first-order valence-electron chi connectivity index (χ1n) is 11.9.